The highest BCUT2D eigenvalue weighted by Gasteiger charge is 2.12. The van der Waals surface area contributed by atoms with E-state index in [1.807, 2.05) is 0 Å². The SMILES string of the molecule is Cc1cccc(C(=O)NCc2cncs2)c1F. The summed E-state index contributed by atoms with van der Waals surface area (Å²) in [7, 11) is 0. The van der Waals surface area contributed by atoms with Gasteiger partial charge in [0.1, 0.15) is 5.82 Å². The molecule has 0 bridgehead atoms. The Labute approximate surface area is 102 Å². The Morgan fingerprint density at radius 3 is 3.06 bits per heavy atom. The normalized spacial score (nSPS) is 10.2. The van der Waals surface area contributed by atoms with Gasteiger partial charge in [-0.25, -0.2) is 4.39 Å². The third-order valence-electron chi connectivity index (χ3n) is 2.34. The Morgan fingerprint density at radius 1 is 1.53 bits per heavy atom. The van der Waals surface area contributed by atoms with Gasteiger partial charge in [-0.3, -0.25) is 9.78 Å². The summed E-state index contributed by atoms with van der Waals surface area (Å²) in [5.41, 5.74) is 2.24. The lowest BCUT2D eigenvalue weighted by Gasteiger charge is -2.06. The smallest absolute Gasteiger partial charge is 0.254 e. The molecule has 2 aromatic rings. The van der Waals surface area contributed by atoms with Gasteiger partial charge in [-0.15, -0.1) is 11.3 Å². The third kappa shape index (κ3) is 2.68. The molecule has 1 N–H and O–H groups in total. The van der Waals surface area contributed by atoms with Crippen LogP contribution in [0.15, 0.2) is 29.9 Å². The molecule has 0 saturated carbocycles. The molecule has 0 saturated heterocycles. The van der Waals surface area contributed by atoms with Crippen LogP contribution in [0.5, 0.6) is 0 Å². The fraction of sp³-hybridized carbons (Fsp3) is 0.167. The first kappa shape index (κ1) is 11.7. The average Bonchev–Trinajstić information content (AvgIpc) is 2.82. The van der Waals surface area contributed by atoms with Crippen molar-refractivity contribution in [2.75, 3.05) is 0 Å². The number of amides is 1. The van der Waals surface area contributed by atoms with Crippen LogP contribution in [0, 0.1) is 12.7 Å². The monoisotopic (exact) mass is 250 g/mol. The summed E-state index contributed by atoms with van der Waals surface area (Å²) in [6.45, 7) is 2.01. The molecule has 88 valence electrons. The summed E-state index contributed by atoms with van der Waals surface area (Å²) in [4.78, 5) is 16.6. The number of rotatable bonds is 3. The van der Waals surface area contributed by atoms with Crippen molar-refractivity contribution in [1.82, 2.24) is 10.3 Å². The van der Waals surface area contributed by atoms with E-state index in [0.29, 0.717) is 12.1 Å². The quantitative estimate of drug-likeness (QED) is 0.909. The van der Waals surface area contributed by atoms with Crippen molar-refractivity contribution >= 4 is 17.2 Å². The minimum absolute atomic E-state index is 0.0783. The number of carbonyl (C=O) groups excluding carboxylic acids is 1. The van der Waals surface area contributed by atoms with Crippen LogP contribution in [-0.2, 0) is 6.54 Å². The predicted molar refractivity (Wildman–Crippen MR) is 64.4 cm³/mol. The van der Waals surface area contributed by atoms with Crippen molar-refractivity contribution in [3.8, 4) is 0 Å². The number of aromatic nitrogens is 1. The van der Waals surface area contributed by atoms with Gasteiger partial charge in [0, 0.05) is 11.1 Å². The average molecular weight is 250 g/mol. The minimum atomic E-state index is -0.464. The van der Waals surface area contributed by atoms with Gasteiger partial charge in [0.25, 0.3) is 5.91 Å². The van der Waals surface area contributed by atoms with Crippen LogP contribution in [0.25, 0.3) is 0 Å². The number of aryl methyl sites for hydroxylation is 1. The molecule has 0 atom stereocenters. The highest BCUT2D eigenvalue weighted by atomic mass is 32.1. The Kier molecular flexibility index (Phi) is 3.49. The Bertz CT molecular complexity index is 525. The first-order valence-corrected chi connectivity index (χ1v) is 5.97. The summed E-state index contributed by atoms with van der Waals surface area (Å²) in [5.74, 6) is -0.867. The van der Waals surface area contributed by atoms with E-state index in [1.54, 1.807) is 30.8 Å². The molecule has 0 radical (unpaired) electrons. The fourth-order valence-electron chi connectivity index (χ4n) is 1.41. The molecule has 0 aliphatic carbocycles. The van der Waals surface area contributed by atoms with E-state index in [9.17, 15) is 9.18 Å². The zero-order chi connectivity index (χ0) is 12.3. The van der Waals surface area contributed by atoms with Crippen LogP contribution >= 0.6 is 11.3 Å². The molecule has 3 nitrogen and oxygen atoms in total. The molecule has 1 heterocycles. The Hall–Kier alpha value is -1.75. The van der Waals surface area contributed by atoms with Gasteiger partial charge in [-0.2, -0.15) is 0 Å². The van der Waals surface area contributed by atoms with E-state index in [2.05, 4.69) is 10.3 Å². The topological polar surface area (TPSA) is 42.0 Å². The molecule has 0 spiro atoms. The number of benzene rings is 1. The molecule has 17 heavy (non-hydrogen) atoms. The molecule has 1 aromatic carbocycles. The maximum Gasteiger partial charge on any atom is 0.254 e. The molecular formula is C12H11FN2OS. The summed E-state index contributed by atoms with van der Waals surface area (Å²) in [6, 6.07) is 4.78. The molecule has 5 heteroatoms. The van der Waals surface area contributed by atoms with Gasteiger partial charge >= 0.3 is 0 Å². The lowest BCUT2D eigenvalue weighted by atomic mass is 10.1. The van der Waals surface area contributed by atoms with Crippen LogP contribution in [0.1, 0.15) is 20.8 Å². The van der Waals surface area contributed by atoms with E-state index in [1.165, 1.54) is 17.4 Å². The molecule has 0 fully saturated rings. The molecular weight excluding hydrogens is 239 g/mol. The van der Waals surface area contributed by atoms with Gasteiger partial charge in [0.05, 0.1) is 17.6 Å². The number of nitrogens with one attached hydrogen (secondary N) is 1. The van der Waals surface area contributed by atoms with Gasteiger partial charge in [-0.05, 0) is 18.6 Å². The van der Waals surface area contributed by atoms with Crippen LogP contribution in [-0.4, -0.2) is 10.9 Å². The summed E-state index contributed by atoms with van der Waals surface area (Å²) in [6.07, 6.45) is 1.68. The highest BCUT2D eigenvalue weighted by Crippen LogP contribution is 2.12. The molecule has 1 amide bonds. The van der Waals surface area contributed by atoms with Crippen LogP contribution in [0.2, 0.25) is 0 Å². The van der Waals surface area contributed by atoms with Crippen molar-refractivity contribution in [3.05, 3.63) is 51.7 Å². The van der Waals surface area contributed by atoms with Crippen LogP contribution in [0.4, 0.5) is 4.39 Å². The van der Waals surface area contributed by atoms with Crippen LogP contribution < -0.4 is 5.32 Å². The molecule has 0 aliphatic heterocycles. The van der Waals surface area contributed by atoms with E-state index in [0.717, 1.165) is 4.88 Å². The van der Waals surface area contributed by atoms with Gasteiger partial charge in [0.2, 0.25) is 0 Å². The second kappa shape index (κ2) is 5.05. The van der Waals surface area contributed by atoms with Crippen molar-refractivity contribution < 1.29 is 9.18 Å². The largest absolute Gasteiger partial charge is 0.347 e. The summed E-state index contributed by atoms with van der Waals surface area (Å²) in [5, 5.41) is 2.66. The van der Waals surface area contributed by atoms with E-state index >= 15 is 0 Å². The van der Waals surface area contributed by atoms with Crippen molar-refractivity contribution in [2.45, 2.75) is 13.5 Å². The molecule has 1 aromatic heterocycles. The van der Waals surface area contributed by atoms with E-state index in [4.69, 9.17) is 0 Å². The number of nitrogens with zero attached hydrogens (tertiary/aromatic N) is 1. The molecule has 2 rings (SSSR count). The lowest BCUT2D eigenvalue weighted by molar-refractivity contribution is 0.0947. The van der Waals surface area contributed by atoms with Gasteiger partial charge < -0.3 is 5.32 Å². The lowest BCUT2D eigenvalue weighted by Crippen LogP contribution is -2.23. The number of carbonyl (C=O) groups is 1. The fourth-order valence-corrected chi connectivity index (χ4v) is 1.95. The minimum Gasteiger partial charge on any atom is -0.347 e. The molecule has 0 aliphatic rings. The summed E-state index contributed by atoms with van der Waals surface area (Å²) < 4.78 is 13.6. The van der Waals surface area contributed by atoms with E-state index < -0.39 is 11.7 Å². The standard InChI is InChI=1S/C12H11FN2OS/c1-8-3-2-4-10(11(8)13)12(16)15-6-9-5-14-7-17-9/h2-5,7H,6H2,1H3,(H,15,16). The maximum atomic E-state index is 13.6. The highest BCUT2D eigenvalue weighted by molar-refractivity contribution is 7.09. The first-order chi connectivity index (χ1) is 8.18. The van der Waals surface area contributed by atoms with Gasteiger partial charge in [-0.1, -0.05) is 12.1 Å². The zero-order valence-electron chi connectivity index (χ0n) is 9.24. The first-order valence-electron chi connectivity index (χ1n) is 5.09. The number of hydrogen-bond acceptors (Lipinski definition) is 3. The van der Waals surface area contributed by atoms with Crippen LogP contribution in [0.3, 0.4) is 0 Å². The second-order valence-corrected chi connectivity index (χ2v) is 4.56. The maximum absolute atomic E-state index is 13.6. The third-order valence-corrected chi connectivity index (χ3v) is 3.12. The predicted octanol–water partition coefficient (Wildman–Crippen LogP) is 2.52. The van der Waals surface area contributed by atoms with E-state index in [-0.39, 0.29) is 5.56 Å². The van der Waals surface area contributed by atoms with Gasteiger partial charge in [0.15, 0.2) is 0 Å². The van der Waals surface area contributed by atoms with Crippen molar-refractivity contribution in [2.24, 2.45) is 0 Å². The number of halogens is 1. The second-order valence-electron chi connectivity index (χ2n) is 3.59. The Morgan fingerprint density at radius 2 is 2.35 bits per heavy atom. The summed E-state index contributed by atoms with van der Waals surface area (Å²) >= 11 is 1.45. The zero-order valence-corrected chi connectivity index (χ0v) is 10.1. The number of hydrogen-bond donors (Lipinski definition) is 1. The number of thiazole rings is 1. The Balaban J connectivity index is 2.07. The van der Waals surface area contributed by atoms with Crippen molar-refractivity contribution in [1.29, 1.82) is 0 Å². The molecule has 0 unspecified atom stereocenters. The van der Waals surface area contributed by atoms with Crippen molar-refractivity contribution in [3.63, 3.8) is 0 Å².